The monoisotopic (exact) mass is 164 g/mol. The largest absolute Gasteiger partial charge is 0.507 e. The van der Waals surface area contributed by atoms with E-state index in [1.807, 2.05) is 13.0 Å². The first-order valence-electron chi connectivity index (χ1n) is 3.81. The Labute approximate surface area is 71.8 Å². The summed E-state index contributed by atoms with van der Waals surface area (Å²) in [5.74, 6) is 0.250. The number of phenols is 1. The molecule has 0 saturated heterocycles. The molecule has 12 heavy (non-hydrogen) atoms. The average molecular weight is 164 g/mol. The standard InChI is InChI=1S/C10H12O2/c1-8-4-2-6-10(12)9(8)5-3-7-11/h2-6,11-12H,7H2,1H3. The van der Waals surface area contributed by atoms with Crippen molar-refractivity contribution in [2.75, 3.05) is 6.61 Å². The van der Waals surface area contributed by atoms with Gasteiger partial charge < -0.3 is 10.2 Å². The van der Waals surface area contributed by atoms with Crippen LogP contribution in [0.5, 0.6) is 5.75 Å². The zero-order chi connectivity index (χ0) is 8.97. The predicted molar refractivity (Wildman–Crippen MR) is 49.0 cm³/mol. The van der Waals surface area contributed by atoms with E-state index in [0.29, 0.717) is 0 Å². The van der Waals surface area contributed by atoms with Crippen LogP contribution in [0.25, 0.3) is 6.08 Å². The molecule has 1 rings (SSSR count). The summed E-state index contributed by atoms with van der Waals surface area (Å²) in [5.41, 5.74) is 1.77. The lowest BCUT2D eigenvalue weighted by atomic mass is 10.1. The molecule has 0 spiro atoms. The van der Waals surface area contributed by atoms with Gasteiger partial charge in [-0.3, -0.25) is 0 Å². The second kappa shape index (κ2) is 3.93. The summed E-state index contributed by atoms with van der Waals surface area (Å²) in [6, 6.07) is 5.34. The Kier molecular flexibility index (Phi) is 2.88. The van der Waals surface area contributed by atoms with Crippen LogP contribution in [0.4, 0.5) is 0 Å². The van der Waals surface area contributed by atoms with E-state index >= 15 is 0 Å². The molecule has 2 nitrogen and oxygen atoms in total. The molecule has 1 aromatic carbocycles. The van der Waals surface area contributed by atoms with Gasteiger partial charge in [0.15, 0.2) is 0 Å². The maximum atomic E-state index is 9.39. The Balaban J connectivity index is 3.04. The van der Waals surface area contributed by atoms with Gasteiger partial charge in [0.25, 0.3) is 0 Å². The van der Waals surface area contributed by atoms with Crippen LogP contribution in [0.3, 0.4) is 0 Å². The maximum absolute atomic E-state index is 9.39. The number of aliphatic hydroxyl groups is 1. The number of aryl methyl sites for hydroxylation is 1. The normalized spacial score (nSPS) is 10.8. The van der Waals surface area contributed by atoms with Crippen LogP contribution >= 0.6 is 0 Å². The number of benzene rings is 1. The van der Waals surface area contributed by atoms with Gasteiger partial charge >= 0.3 is 0 Å². The third-order valence-electron chi connectivity index (χ3n) is 1.69. The topological polar surface area (TPSA) is 40.5 Å². The molecule has 0 atom stereocenters. The van der Waals surface area contributed by atoms with Gasteiger partial charge in [-0.05, 0) is 18.6 Å². The summed E-state index contributed by atoms with van der Waals surface area (Å²) in [4.78, 5) is 0. The van der Waals surface area contributed by atoms with E-state index in [2.05, 4.69) is 0 Å². The van der Waals surface area contributed by atoms with E-state index in [4.69, 9.17) is 5.11 Å². The number of hydrogen-bond acceptors (Lipinski definition) is 2. The van der Waals surface area contributed by atoms with Crippen molar-refractivity contribution in [1.82, 2.24) is 0 Å². The average Bonchev–Trinajstić information content (AvgIpc) is 2.04. The van der Waals surface area contributed by atoms with Gasteiger partial charge in [-0.1, -0.05) is 24.3 Å². The molecule has 0 heterocycles. The van der Waals surface area contributed by atoms with E-state index in [-0.39, 0.29) is 12.4 Å². The van der Waals surface area contributed by atoms with Crippen molar-refractivity contribution in [3.63, 3.8) is 0 Å². The van der Waals surface area contributed by atoms with Crippen LogP contribution in [0.15, 0.2) is 24.3 Å². The molecule has 0 aromatic heterocycles. The SMILES string of the molecule is Cc1cccc(O)c1C=CCO. The molecule has 0 aliphatic heterocycles. The number of rotatable bonds is 2. The van der Waals surface area contributed by atoms with Gasteiger partial charge in [0.2, 0.25) is 0 Å². The predicted octanol–water partition coefficient (Wildman–Crippen LogP) is 1.71. The fraction of sp³-hybridized carbons (Fsp3) is 0.200. The van der Waals surface area contributed by atoms with E-state index in [9.17, 15) is 5.11 Å². The highest BCUT2D eigenvalue weighted by Gasteiger charge is 1.98. The third-order valence-corrected chi connectivity index (χ3v) is 1.69. The fourth-order valence-corrected chi connectivity index (χ4v) is 1.05. The molecule has 0 unspecified atom stereocenters. The minimum absolute atomic E-state index is 0.00618. The van der Waals surface area contributed by atoms with Crippen LogP contribution < -0.4 is 0 Å². The zero-order valence-electron chi connectivity index (χ0n) is 6.99. The van der Waals surface area contributed by atoms with Crippen molar-refractivity contribution in [3.05, 3.63) is 35.4 Å². The van der Waals surface area contributed by atoms with Crippen LogP contribution in [-0.4, -0.2) is 16.8 Å². The summed E-state index contributed by atoms with van der Waals surface area (Å²) in [6.45, 7) is 1.91. The van der Waals surface area contributed by atoms with Crippen LogP contribution in [0, 0.1) is 6.92 Å². The van der Waals surface area contributed by atoms with E-state index in [0.717, 1.165) is 11.1 Å². The van der Waals surface area contributed by atoms with Crippen molar-refractivity contribution < 1.29 is 10.2 Å². The molecule has 0 aliphatic carbocycles. The minimum atomic E-state index is -0.00618. The highest BCUT2D eigenvalue weighted by molar-refractivity contribution is 5.60. The first-order valence-corrected chi connectivity index (χ1v) is 3.81. The van der Waals surface area contributed by atoms with Crippen molar-refractivity contribution in [3.8, 4) is 5.75 Å². The van der Waals surface area contributed by atoms with E-state index in [1.165, 1.54) is 0 Å². The summed E-state index contributed by atoms with van der Waals surface area (Å²) >= 11 is 0. The van der Waals surface area contributed by atoms with Crippen molar-refractivity contribution in [1.29, 1.82) is 0 Å². The third kappa shape index (κ3) is 1.86. The van der Waals surface area contributed by atoms with Gasteiger partial charge in [-0.25, -0.2) is 0 Å². The second-order valence-electron chi connectivity index (χ2n) is 2.59. The highest BCUT2D eigenvalue weighted by Crippen LogP contribution is 2.21. The molecule has 0 radical (unpaired) electrons. The molecule has 0 bridgehead atoms. The van der Waals surface area contributed by atoms with Crippen LogP contribution in [-0.2, 0) is 0 Å². The molecule has 2 N–H and O–H groups in total. The van der Waals surface area contributed by atoms with Gasteiger partial charge in [0, 0.05) is 5.56 Å². The van der Waals surface area contributed by atoms with Gasteiger partial charge in [0.1, 0.15) is 5.75 Å². The smallest absolute Gasteiger partial charge is 0.123 e. The molecule has 0 amide bonds. The Hall–Kier alpha value is -1.28. The summed E-state index contributed by atoms with van der Waals surface area (Å²) < 4.78 is 0. The quantitative estimate of drug-likeness (QED) is 0.698. The lowest BCUT2D eigenvalue weighted by Gasteiger charge is -2.01. The number of aliphatic hydroxyl groups excluding tert-OH is 1. The van der Waals surface area contributed by atoms with Crippen molar-refractivity contribution in [2.45, 2.75) is 6.92 Å². The number of aromatic hydroxyl groups is 1. The van der Waals surface area contributed by atoms with Gasteiger partial charge in [-0.2, -0.15) is 0 Å². The van der Waals surface area contributed by atoms with Gasteiger partial charge in [0.05, 0.1) is 6.61 Å². The number of phenolic OH excluding ortho intramolecular Hbond substituents is 1. The van der Waals surface area contributed by atoms with Crippen molar-refractivity contribution >= 4 is 6.08 Å². The Bertz CT molecular complexity index is 270. The summed E-state index contributed by atoms with van der Waals surface area (Å²) in [7, 11) is 0. The lowest BCUT2D eigenvalue weighted by molar-refractivity contribution is 0.343. The Morgan fingerprint density at radius 3 is 2.75 bits per heavy atom. The molecular weight excluding hydrogens is 152 g/mol. The molecule has 1 aromatic rings. The second-order valence-corrected chi connectivity index (χ2v) is 2.59. The van der Waals surface area contributed by atoms with Crippen LogP contribution in [0.2, 0.25) is 0 Å². The van der Waals surface area contributed by atoms with E-state index in [1.54, 1.807) is 24.3 Å². The molecule has 0 saturated carbocycles. The zero-order valence-corrected chi connectivity index (χ0v) is 6.99. The van der Waals surface area contributed by atoms with Crippen LogP contribution in [0.1, 0.15) is 11.1 Å². The summed E-state index contributed by atoms with van der Waals surface area (Å²) in [6.07, 6.45) is 3.31. The molecule has 64 valence electrons. The first-order chi connectivity index (χ1) is 5.75. The van der Waals surface area contributed by atoms with E-state index < -0.39 is 0 Å². The first kappa shape index (κ1) is 8.81. The molecule has 2 heteroatoms. The maximum Gasteiger partial charge on any atom is 0.123 e. The Morgan fingerprint density at radius 2 is 2.17 bits per heavy atom. The van der Waals surface area contributed by atoms with Crippen molar-refractivity contribution in [2.24, 2.45) is 0 Å². The lowest BCUT2D eigenvalue weighted by Crippen LogP contribution is -1.81. The highest BCUT2D eigenvalue weighted by atomic mass is 16.3. The molecule has 0 fully saturated rings. The molecule has 0 aliphatic rings. The minimum Gasteiger partial charge on any atom is -0.507 e. The number of hydrogen-bond donors (Lipinski definition) is 2. The van der Waals surface area contributed by atoms with Gasteiger partial charge in [-0.15, -0.1) is 0 Å². The Morgan fingerprint density at radius 1 is 1.42 bits per heavy atom. The molecular formula is C10H12O2. The fourth-order valence-electron chi connectivity index (χ4n) is 1.05. The summed E-state index contributed by atoms with van der Waals surface area (Å²) in [5, 5.41) is 17.9.